The van der Waals surface area contributed by atoms with Crippen molar-refractivity contribution in [3.63, 3.8) is 0 Å². The zero-order valence-corrected chi connectivity index (χ0v) is 16.5. The Hall–Kier alpha value is -2.89. The number of nitrogens with one attached hydrogen (secondary N) is 2. The first kappa shape index (κ1) is 20.4. The zero-order valence-electron chi connectivity index (χ0n) is 16.5. The minimum atomic E-state index is -0.154. The van der Waals surface area contributed by atoms with Crippen molar-refractivity contribution < 1.29 is 14.3 Å². The molecule has 2 N–H and O–H groups in total. The number of anilines is 1. The van der Waals surface area contributed by atoms with Gasteiger partial charge in [-0.15, -0.1) is 0 Å². The second-order valence-electron chi connectivity index (χ2n) is 6.46. The number of urea groups is 1. The van der Waals surface area contributed by atoms with Gasteiger partial charge >= 0.3 is 6.03 Å². The summed E-state index contributed by atoms with van der Waals surface area (Å²) in [7, 11) is 7.25. The molecule has 27 heavy (non-hydrogen) atoms. The first-order valence-electron chi connectivity index (χ1n) is 9.02. The summed E-state index contributed by atoms with van der Waals surface area (Å²) in [5, 5.41) is 5.77. The summed E-state index contributed by atoms with van der Waals surface area (Å²) in [4.78, 5) is 14.0. The first-order valence-corrected chi connectivity index (χ1v) is 9.02. The summed E-state index contributed by atoms with van der Waals surface area (Å²) in [6, 6.07) is 13.8. The number of hydrogen-bond acceptors (Lipinski definition) is 4. The van der Waals surface area contributed by atoms with E-state index in [-0.39, 0.29) is 6.03 Å². The molecule has 0 heterocycles. The number of amides is 2. The van der Waals surface area contributed by atoms with Crippen LogP contribution in [-0.4, -0.2) is 40.9 Å². The number of carbonyl (C=O) groups excluding carboxylic acids is 1. The van der Waals surface area contributed by atoms with Crippen molar-refractivity contribution in [3.8, 4) is 11.5 Å². The van der Waals surface area contributed by atoms with Crippen LogP contribution in [0.5, 0.6) is 11.5 Å². The monoisotopic (exact) mass is 371 g/mol. The Morgan fingerprint density at radius 2 is 1.59 bits per heavy atom. The van der Waals surface area contributed by atoms with E-state index in [2.05, 4.69) is 10.6 Å². The van der Waals surface area contributed by atoms with E-state index in [0.717, 1.165) is 41.2 Å². The number of ether oxygens (including phenoxy) is 2. The fourth-order valence-electron chi connectivity index (χ4n) is 2.69. The van der Waals surface area contributed by atoms with Crippen LogP contribution in [0.3, 0.4) is 0 Å². The minimum absolute atomic E-state index is 0.154. The molecule has 0 spiro atoms. The van der Waals surface area contributed by atoms with Crippen molar-refractivity contribution in [1.82, 2.24) is 10.6 Å². The van der Waals surface area contributed by atoms with Gasteiger partial charge in [-0.2, -0.15) is 0 Å². The molecule has 0 aromatic heterocycles. The molecule has 0 atom stereocenters. The molecule has 0 saturated carbocycles. The lowest BCUT2D eigenvalue weighted by atomic mass is 10.1. The first-order chi connectivity index (χ1) is 13.0. The van der Waals surface area contributed by atoms with Crippen LogP contribution in [-0.2, 0) is 13.0 Å². The molecular weight excluding hydrogens is 342 g/mol. The largest absolute Gasteiger partial charge is 0.493 e. The summed E-state index contributed by atoms with van der Waals surface area (Å²) in [6.07, 6.45) is 1.70. The number of carbonyl (C=O) groups is 1. The van der Waals surface area contributed by atoms with E-state index >= 15 is 0 Å². The normalized spacial score (nSPS) is 10.2. The van der Waals surface area contributed by atoms with Crippen LogP contribution in [0.2, 0.25) is 0 Å². The van der Waals surface area contributed by atoms with Crippen LogP contribution in [0.25, 0.3) is 0 Å². The number of methoxy groups -OCH3 is 2. The van der Waals surface area contributed by atoms with Crippen LogP contribution >= 0.6 is 0 Å². The van der Waals surface area contributed by atoms with Gasteiger partial charge in [0.05, 0.1) is 14.2 Å². The zero-order chi connectivity index (χ0) is 19.6. The number of rotatable bonds is 9. The molecule has 146 valence electrons. The molecule has 0 fully saturated rings. The van der Waals surface area contributed by atoms with E-state index in [4.69, 9.17) is 9.47 Å². The fraction of sp³-hybridized carbons (Fsp3) is 0.381. The quantitative estimate of drug-likeness (QED) is 0.665. The summed E-state index contributed by atoms with van der Waals surface area (Å²) >= 11 is 0. The summed E-state index contributed by atoms with van der Waals surface area (Å²) < 4.78 is 10.5. The Kier molecular flexibility index (Phi) is 7.79. The third kappa shape index (κ3) is 6.40. The van der Waals surface area contributed by atoms with Gasteiger partial charge in [0.15, 0.2) is 11.5 Å². The smallest absolute Gasteiger partial charge is 0.315 e. The Bertz CT molecular complexity index is 730. The molecule has 0 aliphatic carbocycles. The second kappa shape index (κ2) is 10.3. The molecule has 0 bridgehead atoms. The third-order valence-corrected chi connectivity index (χ3v) is 4.28. The van der Waals surface area contributed by atoms with Crippen molar-refractivity contribution in [2.45, 2.75) is 19.4 Å². The van der Waals surface area contributed by atoms with E-state index in [1.165, 1.54) is 0 Å². The SMILES string of the molecule is COc1ccc(CCCNC(=O)NCc2ccc(N(C)C)cc2)cc1OC. The maximum Gasteiger partial charge on any atom is 0.315 e. The van der Waals surface area contributed by atoms with Crippen molar-refractivity contribution in [1.29, 1.82) is 0 Å². The highest BCUT2D eigenvalue weighted by Crippen LogP contribution is 2.27. The van der Waals surface area contributed by atoms with Gasteiger partial charge in [0.25, 0.3) is 0 Å². The molecule has 2 amide bonds. The Balaban J connectivity index is 1.68. The summed E-state index contributed by atoms with van der Waals surface area (Å²) in [5.74, 6) is 1.44. The maximum atomic E-state index is 11.9. The Morgan fingerprint density at radius 1 is 0.926 bits per heavy atom. The summed E-state index contributed by atoms with van der Waals surface area (Å²) in [6.45, 7) is 1.12. The van der Waals surface area contributed by atoms with Crippen LogP contribution in [0.1, 0.15) is 17.5 Å². The highest BCUT2D eigenvalue weighted by molar-refractivity contribution is 5.73. The standard InChI is InChI=1S/C21H29N3O3/c1-24(2)18-10-7-17(8-11-18)15-23-21(25)22-13-5-6-16-9-12-19(26-3)20(14-16)27-4/h7-12,14H,5-6,13,15H2,1-4H3,(H2,22,23,25). The topological polar surface area (TPSA) is 62.8 Å². The van der Waals surface area contributed by atoms with E-state index in [9.17, 15) is 4.79 Å². The molecule has 2 aromatic rings. The predicted molar refractivity (Wildman–Crippen MR) is 109 cm³/mol. The average Bonchev–Trinajstić information content (AvgIpc) is 2.69. The van der Waals surface area contributed by atoms with E-state index in [1.807, 2.05) is 61.5 Å². The number of nitrogens with zero attached hydrogens (tertiary/aromatic N) is 1. The van der Waals surface area contributed by atoms with Gasteiger partial charge in [0.2, 0.25) is 0 Å². The molecule has 0 saturated heterocycles. The molecule has 2 aromatic carbocycles. The van der Waals surface area contributed by atoms with Crippen molar-refractivity contribution in [2.75, 3.05) is 39.8 Å². The average molecular weight is 371 g/mol. The van der Waals surface area contributed by atoms with Gasteiger partial charge in [-0.05, 0) is 48.2 Å². The molecular formula is C21H29N3O3. The Morgan fingerprint density at radius 3 is 2.22 bits per heavy atom. The minimum Gasteiger partial charge on any atom is -0.493 e. The molecule has 6 heteroatoms. The lowest BCUT2D eigenvalue weighted by molar-refractivity contribution is 0.240. The molecule has 0 unspecified atom stereocenters. The van der Waals surface area contributed by atoms with Gasteiger partial charge < -0.3 is 25.0 Å². The second-order valence-corrected chi connectivity index (χ2v) is 6.46. The van der Waals surface area contributed by atoms with E-state index < -0.39 is 0 Å². The highest BCUT2D eigenvalue weighted by Gasteiger charge is 2.05. The van der Waals surface area contributed by atoms with Crippen molar-refractivity contribution >= 4 is 11.7 Å². The molecule has 2 rings (SSSR count). The van der Waals surface area contributed by atoms with Gasteiger partial charge in [0, 0.05) is 32.9 Å². The molecule has 0 aliphatic heterocycles. The van der Waals surface area contributed by atoms with Gasteiger partial charge in [-0.1, -0.05) is 18.2 Å². The predicted octanol–water partition coefficient (Wildman–Crippen LogP) is 3.20. The van der Waals surface area contributed by atoms with Crippen molar-refractivity contribution in [2.24, 2.45) is 0 Å². The molecule has 0 aliphatic rings. The lowest BCUT2D eigenvalue weighted by Gasteiger charge is -2.13. The summed E-state index contributed by atoms with van der Waals surface area (Å²) in [5.41, 5.74) is 3.36. The Labute approximate surface area is 161 Å². The number of hydrogen-bond donors (Lipinski definition) is 2. The highest BCUT2D eigenvalue weighted by atomic mass is 16.5. The van der Waals surface area contributed by atoms with Crippen LogP contribution in [0.4, 0.5) is 10.5 Å². The van der Waals surface area contributed by atoms with E-state index in [1.54, 1.807) is 14.2 Å². The van der Waals surface area contributed by atoms with Gasteiger partial charge in [-0.25, -0.2) is 4.79 Å². The fourth-order valence-corrected chi connectivity index (χ4v) is 2.69. The molecule has 6 nitrogen and oxygen atoms in total. The van der Waals surface area contributed by atoms with Gasteiger partial charge in [0.1, 0.15) is 0 Å². The molecule has 0 radical (unpaired) electrons. The van der Waals surface area contributed by atoms with Crippen LogP contribution < -0.4 is 25.0 Å². The van der Waals surface area contributed by atoms with Crippen LogP contribution in [0.15, 0.2) is 42.5 Å². The number of benzene rings is 2. The maximum absolute atomic E-state index is 11.9. The van der Waals surface area contributed by atoms with Gasteiger partial charge in [-0.3, -0.25) is 0 Å². The van der Waals surface area contributed by atoms with E-state index in [0.29, 0.717) is 13.1 Å². The number of aryl methyl sites for hydroxylation is 1. The van der Waals surface area contributed by atoms with Crippen molar-refractivity contribution in [3.05, 3.63) is 53.6 Å². The third-order valence-electron chi connectivity index (χ3n) is 4.28. The van der Waals surface area contributed by atoms with Crippen LogP contribution in [0, 0.1) is 0 Å². The lowest BCUT2D eigenvalue weighted by Crippen LogP contribution is -2.35.